The third-order valence-corrected chi connectivity index (χ3v) is 6.86. The fourth-order valence-corrected chi connectivity index (χ4v) is 5.11. The van der Waals surface area contributed by atoms with Crippen molar-refractivity contribution in [2.75, 3.05) is 11.9 Å². The molecular formula is C23H19N3O2S3. The molecule has 156 valence electrons. The average Bonchev–Trinajstić information content (AvgIpc) is 3.29. The molecule has 5 nitrogen and oxygen atoms in total. The standard InChI is InChI=1S/C23H19N3O2S3/c1-15-7-9-17(10-8-15)11-18-13-24-22(30-18)25-20(27)14-26-21(28)19(31-23(26)29)12-16-5-3-2-4-6-16/h2-10,12-13H,11,14H2,1H3,(H,24,25,27)/b19-12+. The molecule has 3 aromatic rings. The van der Waals surface area contributed by atoms with Crippen molar-refractivity contribution in [3.05, 3.63) is 87.3 Å². The van der Waals surface area contributed by atoms with E-state index in [2.05, 4.69) is 41.5 Å². The summed E-state index contributed by atoms with van der Waals surface area (Å²) in [6.07, 6.45) is 4.31. The monoisotopic (exact) mass is 465 g/mol. The van der Waals surface area contributed by atoms with Crippen LogP contribution in [-0.4, -0.2) is 32.6 Å². The molecule has 0 saturated carbocycles. The van der Waals surface area contributed by atoms with E-state index < -0.39 is 0 Å². The van der Waals surface area contributed by atoms with Crippen LogP contribution >= 0.6 is 35.3 Å². The van der Waals surface area contributed by atoms with Crippen molar-refractivity contribution < 1.29 is 9.59 Å². The smallest absolute Gasteiger partial charge is 0.266 e. The van der Waals surface area contributed by atoms with Crippen molar-refractivity contribution in [1.82, 2.24) is 9.88 Å². The number of amides is 2. The van der Waals surface area contributed by atoms with E-state index >= 15 is 0 Å². The molecule has 1 saturated heterocycles. The van der Waals surface area contributed by atoms with Crippen LogP contribution in [0.2, 0.25) is 0 Å². The van der Waals surface area contributed by atoms with E-state index in [4.69, 9.17) is 12.2 Å². The average molecular weight is 466 g/mol. The third-order valence-electron chi connectivity index (χ3n) is 4.57. The summed E-state index contributed by atoms with van der Waals surface area (Å²) in [6, 6.07) is 17.9. The van der Waals surface area contributed by atoms with E-state index in [-0.39, 0.29) is 18.4 Å². The van der Waals surface area contributed by atoms with Crippen molar-refractivity contribution in [2.45, 2.75) is 13.3 Å². The first kappa shape index (κ1) is 21.4. The zero-order valence-corrected chi connectivity index (χ0v) is 19.2. The number of benzene rings is 2. The van der Waals surface area contributed by atoms with E-state index in [0.717, 1.165) is 16.9 Å². The minimum atomic E-state index is -0.325. The number of nitrogens with one attached hydrogen (secondary N) is 1. The molecule has 1 aliphatic heterocycles. The van der Waals surface area contributed by atoms with Crippen LogP contribution in [0, 0.1) is 6.92 Å². The van der Waals surface area contributed by atoms with Crippen molar-refractivity contribution >= 4 is 62.7 Å². The van der Waals surface area contributed by atoms with E-state index in [0.29, 0.717) is 14.4 Å². The zero-order valence-electron chi connectivity index (χ0n) is 16.7. The second-order valence-corrected chi connectivity index (χ2v) is 9.81. The number of rotatable bonds is 6. The van der Waals surface area contributed by atoms with Gasteiger partial charge in [-0.3, -0.25) is 14.5 Å². The molecule has 0 spiro atoms. The van der Waals surface area contributed by atoms with E-state index in [1.54, 1.807) is 12.3 Å². The van der Waals surface area contributed by atoms with Crippen LogP contribution in [0.1, 0.15) is 21.6 Å². The van der Waals surface area contributed by atoms with Gasteiger partial charge in [-0.05, 0) is 24.1 Å². The maximum Gasteiger partial charge on any atom is 0.266 e. The molecule has 0 radical (unpaired) electrons. The van der Waals surface area contributed by atoms with Crippen LogP contribution in [-0.2, 0) is 16.0 Å². The maximum absolute atomic E-state index is 12.7. The molecule has 2 aromatic carbocycles. The van der Waals surface area contributed by atoms with E-state index in [9.17, 15) is 9.59 Å². The van der Waals surface area contributed by atoms with Gasteiger partial charge in [0, 0.05) is 17.5 Å². The number of carbonyl (C=O) groups excluding carboxylic acids is 2. The number of nitrogens with zero attached hydrogens (tertiary/aromatic N) is 2. The topological polar surface area (TPSA) is 62.3 Å². The Hall–Kier alpha value is -2.81. The van der Waals surface area contributed by atoms with Crippen LogP contribution in [0.5, 0.6) is 0 Å². The summed E-state index contributed by atoms with van der Waals surface area (Å²) >= 11 is 7.95. The number of carbonyl (C=O) groups is 2. The fraction of sp³-hybridized carbons (Fsp3) is 0.130. The predicted octanol–water partition coefficient (Wildman–Crippen LogP) is 4.88. The number of hydrogen-bond donors (Lipinski definition) is 1. The van der Waals surface area contributed by atoms with Crippen LogP contribution in [0.3, 0.4) is 0 Å². The second kappa shape index (κ2) is 9.55. The van der Waals surface area contributed by atoms with Crippen LogP contribution in [0.15, 0.2) is 65.7 Å². The SMILES string of the molecule is Cc1ccc(Cc2cnc(NC(=O)CN3C(=O)/C(=C\c4ccccc4)SC3=S)s2)cc1. The summed E-state index contributed by atoms with van der Waals surface area (Å²) < 4.78 is 0.376. The molecule has 2 amide bonds. The minimum Gasteiger partial charge on any atom is -0.300 e. The Balaban J connectivity index is 1.36. The lowest BCUT2D eigenvalue weighted by molar-refractivity contribution is -0.126. The quantitative estimate of drug-likeness (QED) is 0.415. The Morgan fingerprint density at radius 2 is 1.90 bits per heavy atom. The van der Waals surface area contributed by atoms with Gasteiger partial charge < -0.3 is 5.32 Å². The summed E-state index contributed by atoms with van der Waals surface area (Å²) in [5.41, 5.74) is 3.32. The number of aryl methyl sites for hydroxylation is 1. The Kier molecular flexibility index (Phi) is 6.60. The van der Waals surface area contributed by atoms with Gasteiger partial charge in [-0.15, -0.1) is 11.3 Å². The molecule has 8 heteroatoms. The molecule has 1 fully saturated rings. The highest BCUT2D eigenvalue weighted by Crippen LogP contribution is 2.32. The Morgan fingerprint density at radius 3 is 2.65 bits per heavy atom. The van der Waals surface area contributed by atoms with Crippen molar-refractivity contribution in [3.8, 4) is 0 Å². The molecule has 0 unspecified atom stereocenters. The summed E-state index contributed by atoms with van der Waals surface area (Å²) in [4.78, 5) is 32.4. The molecule has 1 N–H and O–H groups in total. The lowest BCUT2D eigenvalue weighted by atomic mass is 10.1. The predicted molar refractivity (Wildman–Crippen MR) is 131 cm³/mol. The molecule has 1 aliphatic rings. The summed E-state index contributed by atoms with van der Waals surface area (Å²) in [6.45, 7) is 1.92. The highest BCUT2D eigenvalue weighted by molar-refractivity contribution is 8.26. The number of thiazole rings is 1. The summed E-state index contributed by atoms with van der Waals surface area (Å²) in [7, 11) is 0. The Morgan fingerprint density at radius 1 is 1.16 bits per heavy atom. The number of anilines is 1. The van der Waals surface area contributed by atoms with Crippen LogP contribution < -0.4 is 5.32 Å². The van der Waals surface area contributed by atoms with Gasteiger partial charge in [-0.1, -0.05) is 84.1 Å². The fourth-order valence-electron chi connectivity index (χ4n) is 2.99. The van der Waals surface area contributed by atoms with Gasteiger partial charge in [-0.25, -0.2) is 4.98 Å². The maximum atomic E-state index is 12.7. The van der Waals surface area contributed by atoms with Gasteiger partial charge in [-0.2, -0.15) is 0 Å². The van der Waals surface area contributed by atoms with Gasteiger partial charge in [0.2, 0.25) is 5.91 Å². The zero-order chi connectivity index (χ0) is 21.8. The highest BCUT2D eigenvalue weighted by Gasteiger charge is 2.33. The first-order chi connectivity index (χ1) is 15.0. The van der Waals surface area contributed by atoms with E-state index in [1.807, 2.05) is 30.3 Å². The number of aromatic nitrogens is 1. The van der Waals surface area contributed by atoms with Gasteiger partial charge in [0.15, 0.2) is 5.13 Å². The minimum absolute atomic E-state index is 0.135. The van der Waals surface area contributed by atoms with Gasteiger partial charge in [0.25, 0.3) is 5.91 Å². The van der Waals surface area contributed by atoms with Gasteiger partial charge in [0.05, 0.1) is 4.91 Å². The second-order valence-electron chi connectivity index (χ2n) is 7.02. The Bertz CT molecular complexity index is 1150. The summed E-state index contributed by atoms with van der Waals surface area (Å²) in [5.74, 6) is -0.582. The van der Waals surface area contributed by atoms with Gasteiger partial charge in [0.1, 0.15) is 10.9 Å². The van der Waals surface area contributed by atoms with Crippen molar-refractivity contribution in [2.24, 2.45) is 0 Å². The van der Waals surface area contributed by atoms with Crippen LogP contribution in [0.4, 0.5) is 5.13 Å². The molecular weight excluding hydrogens is 446 g/mol. The first-order valence-electron chi connectivity index (χ1n) is 9.58. The summed E-state index contributed by atoms with van der Waals surface area (Å²) in [5, 5.41) is 3.29. The molecule has 0 bridgehead atoms. The lowest BCUT2D eigenvalue weighted by Crippen LogP contribution is -2.36. The lowest BCUT2D eigenvalue weighted by Gasteiger charge is -2.13. The Labute approximate surface area is 194 Å². The van der Waals surface area contributed by atoms with Crippen molar-refractivity contribution in [3.63, 3.8) is 0 Å². The first-order valence-corrected chi connectivity index (χ1v) is 11.6. The number of hydrogen-bond acceptors (Lipinski definition) is 6. The normalized spacial score (nSPS) is 15.0. The van der Waals surface area contributed by atoms with Gasteiger partial charge >= 0.3 is 0 Å². The van der Waals surface area contributed by atoms with Crippen LogP contribution in [0.25, 0.3) is 6.08 Å². The molecule has 2 heterocycles. The number of thioether (sulfide) groups is 1. The molecule has 31 heavy (non-hydrogen) atoms. The number of thiocarbonyl (C=S) groups is 1. The molecule has 1 aromatic heterocycles. The third kappa shape index (κ3) is 5.46. The molecule has 4 rings (SSSR count). The highest BCUT2D eigenvalue weighted by atomic mass is 32.2. The van der Waals surface area contributed by atoms with Crippen molar-refractivity contribution in [1.29, 1.82) is 0 Å². The van der Waals surface area contributed by atoms with E-state index in [1.165, 1.54) is 39.1 Å². The largest absolute Gasteiger partial charge is 0.300 e. The molecule has 0 atom stereocenters. The molecule has 0 aliphatic carbocycles.